The van der Waals surface area contributed by atoms with Gasteiger partial charge in [0, 0.05) is 31.0 Å². The summed E-state index contributed by atoms with van der Waals surface area (Å²) in [5.74, 6) is 0.849. The molecular formula is C25H26FN3O. The molecule has 1 fully saturated rings. The first-order valence-electron chi connectivity index (χ1n) is 10.7. The van der Waals surface area contributed by atoms with Crippen molar-refractivity contribution in [3.05, 3.63) is 83.2 Å². The summed E-state index contributed by atoms with van der Waals surface area (Å²) in [6.07, 6.45) is 9.13. The number of benzene rings is 2. The number of hydrogen-bond acceptors (Lipinski definition) is 2. The lowest BCUT2D eigenvalue weighted by Crippen LogP contribution is -2.33. The number of carbonyl (C=O) groups is 1. The first-order chi connectivity index (χ1) is 14.6. The summed E-state index contributed by atoms with van der Waals surface area (Å²) in [5.41, 5.74) is 4.76. The van der Waals surface area contributed by atoms with Crippen LogP contribution in [0.2, 0.25) is 0 Å². The average molecular weight is 404 g/mol. The smallest absolute Gasteiger partial charge is 0.231 e. The summed E-state index contributed by atoms with van der Waals surface area (Å²) in [5, 5.41) is 0. The molecule has 30 heavy (non-hydrogen) atoms. The Kier molecular flexibility index (Phi) is 4.89. The minimum atomic E-state index is -0.243. The third-order valence-electron chi connectivity index (χ3n) is 6.54. The molecule has 5 heteroatoms. The van der Waals surface area contributed by atoms with Crippen molar-refractivity contribution in [3.8, 4) is 0 Å². The lowest BCUT2D eigenvalue weighted by atomic mass is 9.91. The average Bonchev–Trinajstić information content (AvgIpc) is 3.47. The molecule has 2 aliphatic rings. The molecule has 0 N–H and O–H groups in total. The summed E-state index contributed by atoms with van der Waals surface area (Å²) in [7, 11) is 1.95. The van der Waals surface area contributed by atoms with Crippen molar-refractivity contribution in [1.82, 2.24) is 9.55 Å². The van der Waals surface area contributed by atoms with E-state index in [2.05, 4.69) is 23.2 Å². The van der Waals surface area contributed by atoms with E-state index in [9.17, 15) is 9.18 Å². The predicted octanol–water partition coefficient (Wildman–Crippen LogP) is 4.77. The molecule has 2 atom stereocenters. The van der Waals surface area contributed by atoms with E-state index in [-0.39, 0.29) is 23.6 Å². The van der Waals surface area contributed by atoms with Crippen molar-refractivity contribution < 1.29 is 9.18 Å². The highest BCUT2D eigenvalue weighted by atomic mass is 19.1. The Bertz CT molecular complexity index is 1070. The van der Waals surface area contributed by atoms with Gasteiger partial charge >= 0.3 is 0 Å². The highest BCUT2D eigenvalue weighted by molar-refractivity contribution is 5.97. The number of amides is 1. The first-order valence-corrected chi connectivity index (χ1v) is 10.7. The van der Waals surface area contributed by atoms with Gasteiger partial charge in [-0.05, 0) is 79.0 Å². The number of hydrogen-bond donors (Lipinski definition) is 0. The Morgan fingerprint density at radius 2 is 1.90 bits per heavy atom. The third-order valence-corrected chi connectivity index (χ3v) is 6.54. The number of nitrogens with zero attached hydrogens (tertiary/aromatic N) is 3. The molecule has 1 heterocycles. The number of anilines is 1. The lowest BCUT2D eigenvalue weighted by Gasteiger charge is -2.25. The number of carbonyl (C=O) groups excluding carboxylic acids is 1. The van der Waals surface area contributed by atoms with Crippen LogP contribution in [0.5, 0.6) is 0 Å². The van der Waals surface area contributed by atoms with Crippen LogP contribution in [0.25, 0.3) is 0 Å². The number of halogens is 1. The van der Waals surface area contributed by atoms with E-state index in [0.29, 0.717) is 6.54 Å². The van der Waals surface area contributed by atoms with Crippen molar-refractivity contribution in [2.75, 3.05) is 4.90 Å². The van der Waals surface area contributed by atoms with E-state index in [1.54, 1.807) is 18.3 Å². The van der Waals surface area contributed by atoms with Crippen molar-refractivity contribution >= 4 is 11.6 Å². The summed E-state index contributed by atoms with van der Waals surface area (Å²) in [6, 6.07) is 13.0. The van der Waals surface area contributed by atoms with Gasteiger partial charge in [-0.3, -0.25) is 4.79 Å². The van der Waals surface area contributed by atoms with Gasteiger partial charge in [-0.25, -0.2) is 9.37 Å². The SMILES string of the molecule is Cn1ccnc1CN(C(=O)C1CC1c1ccc(F)cc1)c1ccc2c(c1)CCCC2. The van der Waals surface area contributed by atoms with Crippen LogP contribution in [-0.4, -0.2) is 15.5 Å². The topological polar surface area (TPSA) is 38.1 Å². The molecule has 0 bridgehead atoms. The molecule has 2 aromatic carbocycles. The molecule has 0 spiro atoms. The zero-order valence-electron chi connectivity index (χ0n) is 17.2. The molecule has 3 aromatic rings. The molecular weight excluding hydrogens is 377 g/mol. The quantitative estimate of drug-likeness (QED) is 0.615. The van der Waals surface area contributed by atoms with Gasteiger partial charge in [-0.1, -0.05) is 18.2 Å². The minimum Gasteiger partial charge on any atom is -0.337 e. The van der Waals surface area contributed by atoms with Gasteiger partial charge in [0.15, 0.2) is 0 Å². The number of rotatable bonds is 5. The fourth-order valence-electron chi connectivity index (χ4n) is 4.62. The van der Waals surface area contributed by atoms with Gasteiger partial charge in [0.2, 0.25) is 5.91 Å². The van der Waals surface area contributed by atoms with E-state index in [1.165, 1.54) is 36.1 Å². The fraction of sp³-hybridized carbons (Fsp3) is 0.360. The van der Waals surface area contributed by atoms with E-state index < -0.39 is 0 Å². The molecule has 5 rings (SSSR count). The molecule has 2 aliphatic carbocycles. The van der Waals surface area contributed by atoms with Crippen LogP contribution in [0.1, 0.15) is 47.7 Å². The molecule has 0 radical (unpaired) electrons. The molecule has 1 aromatic heterocycles. The molecule has 154 valence electrons. The van der Waals surface area contributed by atoms with Crippen molar-refractivity contribution in [2.45, 2.75) is 44.6 Å². The normalized spacial score (nSPS) is 19.9. The van der Waals surface area contributed by atoms with Gasteiger partial charge in [-0.15, -0.1) is 0 Å². The van der Waals surface area contributed by atoms with Crippen LogP contribution in [0.3, 0.4) is 0 Å². The highest BCUT2D eigenvalue weighted by Gasteiger charge is 2.46. The van der Waals surface area contributed by atoms with Crippen molar-refractivity contribution in [2.24, 2.45) is 13.0 Å². The molecule has 0 saturated heterocycles. The largest absolute Gasteiger partial charge is 0.337 e. The Labute approximate surface area is 176 Å². The van der Waals surface area contributed by atoms with Crippen LogP contribution in [-0.2, 0) is 31.2 Å². The second kappa shape index (κ2) is 7.71. The van der Waals surface area contributed by atoms with Crippen molar-refractivity contribution in [1.29, 1.82) is 0 Å². The van der Waals surface area contributed by atoms with Crippen LogP contribution in [0.15, 0.2) is 54.9 Å². The second-order valence-corrected chi connectivity index (χ2v) is 8.54. The summed E-state index contributed by atoms with van der Waals surface area (Å²) < 4.78 is 15.2. The van der Waals surface area contributed by atoms with Crippen LogP contribution in [0.4, 0.5) is 10.1 Å². The van der Waals surface area contributed by atoms with Crippen molar-refractivity contribution in [3.63, 3.8) is 0 Å². The monoisotopic (exact) mass is 403 g/mol. The highest BCUT2D eigenvalue weighted by Crippen LogP contribution is 2.49. The third kappa shape index (κ3) is 3.64. The summed E-state index contributed by atoms with van der Waals surface area (Å²) in [6.45, 7) is 0.452. The Hall–Kier alpha value is -2.95. The van der Waals surface area contributed by atoms with Gasteiger partial charge in [0.05, 0.1) is 6.54 Å². The summed E-state index contributed by atoms with van der Waals surface area (Å²) >= 11 is 0. The standard InChI is InChI=1S/C25H26FN3O/c1-28-13-12-27-24(28)16-29(21-11-8-17-4-2-3-5-19(17)14-21)25(30)23-15-22(23)18-6-9-20(26)10-7-18/h6-14,22-23H,2-5,15-16H2,1H3. The Balaban J connectivity index is 1.43. The number of aryl methyl sites for hydroxylation is 3. The van der Waals surface area contributed by atoms with E-state index in [0.717, 1.165) is 36.3 Å². The lowest BCUT2D eigenvalue weighted by molar-refractivity contribution is -0.120. The van der Waals surface area contributed by atoms with Crippen LogP contribution >= 0.6 is 0 Å². The zero-order chi connectivity index (χ0) is 20.7. The van der Waals surface area contributed by atoms with E-state index >= 15 is 0 Å². The van der Waals surface area contributed by atoms with E-state index in [4.69, 9.17) is 0 Å². The second-order valence-electron chi connectivity index (χ2n) is 8.54. The number of fused-ring (bicyclic) bond motifs is 1. The maximum Gasteiger partial charge on any atom is 0.231 e. The Morgan fingerprint density at radius 3 is 2.63 bits per heavy atom. The maximum absolute atomic E-state index is 13.6. The molecule has 1 saturated carbocycles. The first kappa shape index (κ1) is 19.0. The fourth-order valence-corrected chi connectivity index (χ4v) is 4.62. The summed E-state index contributed by atoms with van der Waals surface area (Å²) in [4.78, 5) is 19.9. The van der Waals surface area contributed by atoms with Gasteiger partial charge in [-0.2, -0.15) is 0 Å². The van der Waals surface area contributed by atoms with Gasteiger partial charge < -0.3 is 9.47 Å². The number of aromatic nitrogens is 2. The molecule has 1 amide bonds. The van der Waals surface area contributed by atoms with Crippen LogP contribution in [0, 0.1) is 11.7 Å². The van der Waals surface area contributed by atoms with Gasteiger partial charge in [0.25, 0.3) is 0 Å². The molecule has 0 aliphatic heterocycles. The van der Waals surface area contributed by atoms with E-state index in [1.807, 2.05) is 22.7 Å². The molecule has 2 unspecified atom stereocenters. The Morgan fingerprint density at radius 1 is 1.13 bits per heavy atom. The molecule has 4 nitrogen and oxygen atoms in total. The van der Waals surface area contributed by atoms with Crippen LogP contribution < -0.4 is 4.90 Å². The zero-order valence-corrected chi connectivity index (χ0v) is 17.2. The number of imidazole rings is 1. The maximum atomic E-state index is 13.6. The minimum absolute atomic E-state index is 0.0632. The van der Waals surface area contributed by atoms with Gasteiger partial charge in [0.1, 0.15) is 11.6 Å². The predicted molar refractivity (Wildman–Crippen MR) is 115 cm³/mol.